The number of anilines is 1. The van der Waals surface area contributed by atoms with Gasteiger partial charge in [-0.1, -0.05) is 36.4 Å². The Morgan fingerprint density at radius 1 is 1.02 bits per heavy atom. The molecule has 2 amide bonds. The van der Waals surface area contributed by atoms with Crippen LogP contribution >= 0.6 is 0 Å². The predicted molar refractivity (Wildman–Crippen MR) is 168 cm³/mol. The molecule has 0 spiro atoms. The van der Waals surface area contributed by atoms with Crippen molar-refractivity contribution in [1.29, 1.82) is 0 Å². The Labute approximate surface area is 266 Å². The molecule has 12 heteroatoms. The van der Waals surface area contributed by atoms with Crippen molar-refractivity contribution < 1.29 is 32.7 Å². The van der Waals surface area contributed by atoms with Gasteiger partial charge < -0.3 is 14.8 Å². The summed E-state index contributed by atoms with van der Waals surface area (Å²) in [5.41, 5.74) is 2.91. The minimum atomic E-state index is -1.01. The van der Waals surface area contributed by atoms with Gasteiger partial charge in [0.15, 0.2) is 11.6 Å². The molecule has 46 heavy (non-hydrogen) atoms. The Bertz CT molecular complexity index is 1690. The smallest absolute Gasteiger partial charge is 0.338 e. The predicted octanol–water partition coefficient (Wildman–Crippen LogP) is 6.21. The zero-order chi connectivity index (χ0) is 33.0. The Balaban J connectivity index is 1.41. The molecule has 5 rings (SSSR count). The highest BCUT2D eigenvalue weighted by molar-refractivity contribution is 5.92. The van der Waals surface area contributed by atoms with E-state index in [1.54, 1.807) is 41.1 Å². The maximum Gasteiger partial charge on any atom is 0.338 e. The summed E-state index contributed by atoms with van der Waals surface area (Å²) in [4.78, 5) is 32.1. The van der Waals surface area contributed by atoms with Crippen LogP contribution in [0, 0.1) is 18.6 Å². The largest absolute Gasteiger partial charge is 0.456 e. The summed E-state index contributed by atoms with van der Waals surface area (Å²) < 4.78 is 40.1. The van der Waals surface area contributed by atoms with E-state index in [0.29, 0.717) is 47.0 Å². The number of benzene rings is 3. The van der Waals surface area contributed by atoms with Gasteiger partial charge in [0.05, 0.1) is 29.6 Å². The standard InChI is InChI=1S/C34H37F2N5O5/c1-21-29(22-11-13-23(14-12-22)32(42)45-34(2,3)4)39-41(25-9-7-6-8-10-25)31(21)38-33(43)37-28-20-40(17-18-44-5)46-30(28)24-15-16-26(35)27(36)19-24/h6-16,19,28,30H,17-18,20H2,1-5H3,(H2,37,38,43)/t28-,30+/m1/s1. The number of hydroxylamine groups is 2. The summed E-state index contributed by atoms with van der Waals surface area (Å²) in [6, 6.07) is 18.7. The van der Waals surface area contributed by atoms with Gasteiger partial charge in [0.25, 0.3) is 0 Å². The van der Waals surface area contributed by atoms with E-state index in [9.17, 15) is 18.4 Å². The molecule has 2 heterocycles. The first-order valence-corrected chi connectivity index (χ1v) is 14.9. The highest BCUT2D eigenvalue weighted by Gasteiger charge is 2.37. The van der Waals surface area contributed by atoms with E-state index >= 15 is 0 Å². The number of urea groups is 1. The first kappa shape index (κ1) is 32.7. The normalized spacial score (nSPS) is 16.8. The van der Waals surface area contributed by atoms with Gasteiger partial charge in [-0.2, -0.15) is 10.2 Å². The van der Waals surface area contributed by atoms with E-state index < -0.39 is 41.4 Å². The van der Waals surface area contributed by atoms with Crippen molar-refractivity contribution in [2.24, 2.45) is 0 Å². The van der Waals surface area contributed by atoms with Crippen molar-refractivity contribution in [2.75, 3.05) is 32.1 Å². The van der Waals surface area contributed by atoms with Crippen molar-refractivity contribution >= 4 is 17.8 Å². The number of hydrogen-bond acceptors (Lipinski definition) is 7. The molecule has 1 fully saturated rings. The van der Waals surface area contributed by atoms with Crippen LogP contribution in [-0.2, 0) is 14.3 Å². The number of esters is 1. The van der Waals surface area contributed by atoms with Gasteiger partial charge >= 0.3 is 12.0 Å². The van der Waals surface area contributed by atoms with Crippen molar-refractivity contribution in [3.63, 3.8) is 0 Å². The van der Waals surface area contributed by atoms with E-state index in [2.05, 4.69) is 10.6 Å². The number of halogens is 2. The maximum atomic E-state index is 14.1. The zero-order valence-corrected chi connectivity index (χ0v) is 26.3. The van der Waals surface area contributed by atoms with Crippen LogP contribution in [0.15, 0.2) is 72.8 Å². The lowest BCUT2D eigenvalue weighted by Gasteiger charge is -2.20. The number of rotatable bonds is 9. The average molecular weight is 634 g/mol. The second-order valence-corrected chi connectivity index (χ2v) is 11.9. The second kappa shape index (κ2) is 13.8. The Hall–Kier alpha value is -4.65. The lowest BCUT2D eigenvalue weighted by molar-refractivity contribution is -0.154. The van der Waals surface area contributed by atoms with Crippen LogP contribution in [-0.4, -0.2) is 65.3 Å². The molecule has 1 saturated heterocycles. The van der Waals surface area contributed by atoms with E-state index in [4.69, 9.17) is 19.4 Å². The Morgan fingerprint density at radius 3 is 2.39 bits per heavy atom. The molecule has 0 aliphatic carbocycles. The van der Waals surface area contributed by atoms with Gasteiger partial charge in [-0.25, -0.2) is 23.1 Å². The Morgan fingerprint density at radius 2 is 1.74 bits per heavy atom. The number of nitrogens with zero attached hydrogens (tertiary/aromatic N) is 3. The molecule has 0 bridgehead atoms. The summed E-state index contributed by atoms with van der Waals surface area (Å²) >= 11 is 0. The fourth-order valence-corrected chi connectivity index (χ4v) is 5.12. The van der Waals surface area contributed by atoms with Gasteiger partial charge in [-0.05, 0) is 69.7 Å². The van der Waals surface area contributed by atoms with E-state index in [0.717, 1.165) is 17.7 Å². The summed E-state index contributed by atoms with van der Waals surface area (Å²) in [7, 11) is 1.56. The monoisotopic (exact) mass is 633 g/mol. The van der Waals surface area contributed by atoms with Crippen LogP contribution in [0.5, 0.6) is 0 Å². The van der Waals surface area contributed by atoms with Gasteiger partial charge in [0, 0.05) is 31.3 Å². The zero-order valence-electron chi connectivity index (χ0n) is 26.3. The summed E-state index contributed by atoms with van der Waals surface area (Å²) in [5, 5.41) is 12.3. The number of carbonyl (C=O) groups is 2. The SMILES string of the molecule is COCCN1C[C@@H](NC(=O)Nc2c(C)c(-c3ccc(C(=O)OC(C)(C)C)cc3)nn2-c2ccccc2)[C@H](c2ccc(F)c(F)c2)O1. The van der Waals surface area contributed by atoms with E-state index in [1.807, 2.05) is 58.0 Å². The molecule has 1 aliphatic heterocycles. The van der Waals surface area contributed by atoms with Crippen LogP contribution in [0.2, 0.25) is 0 Å². The minimum Gasteiger partial charge on any atom is -0.456 e. The molecular formula is C34H37F2N5O5. The topological polar surface area (TPSA) is 107 Å². The van der Waals surface area contributed by atoms with Crippen molar-refractivity contribution in [3.05, 3.63) is 101 Å². The number of methoxy groups -OCH3 is 1. The number of ether oxygens (including phenoxy) is 2. The van der Waals surface area contributed by atoms with Crippen LogP contribution in [0.1, 0.15) is 48.4 Å². The van der Waals surface area contributed by atoms with Gasteiger partial charge in [0.1, 0.15) is 17.5 Å². The van der Waals surface area contributed by atoms with Gasteiger partial charge in [0.2, 0.25) is 0 Å². The quantitative estimate of drug-likeness (QED) is 0.211. The van der Waals surface area contributed by atoms with Crippen LogP contribution in [0.3, 0.4) is 0 Å². The van der Waals surface area contributed by atoms with E-state index in [-0.39, 0.29) is 6.54 Å². The lowest BCUT2D eigenvalue weighted by Crippen LogP contribution is -2.42. The first-order chi connectivity index (χ1) is 21.9. The van der Waals surface area contributed by atoms with Crippen LogP contribution < -0.4 is 10.6 Å². The molecule has 3 aromatic carbocycles. The molecule has 242 valence electrons. The third kappa shape index (κ3) is 7.58. The van der Waals surface area contributed by atoms with Crippen LogP contribution in [0.4, 0.5) is 19.4 Å². The van der Waals surface area contributed by atoms with Gasteiger partial charge in [-0.15, -0.1) is 0 Å². The maximum absolute atomic E-state index is 14.1. The third-order valence-electron chi connectivity index (χ3n) is 7.31. The second-order valence-electron chi connectivity index (χ2n) is 11.9. The number of hydrogen-bond donors (Lipinski definition) is 2. The molecule has 0 unspecified atom stereocenters. The summed E-state index contributed by atoms with van der Waals surface area (Å²) in [5.74, 6) is -1.98. The van der Waals surface area contributed by atoms with Gasteiger partial charge in [-0.3, -0.25) is 10.2 Å². The number of amides is 2. The summed E-state index contributed by atoms with van der Waals surface area (Å²) in [6.07, 6.45) is -0.767. The number of aromatic nitrogens is 2. The average Bonchev–Trinajstić information content (AvgIpc) is 3.57. The number of nitrogens with one attached hydrogen (secondary N) is 2. The molecule has 2 atom stereocenters. The first-order valence-electron chi connectivity index (χ1n) is 14.9. The molecule has 10 nitrogen and oxygen atoms in total. The molecule has 0 saturated carbocycles. The molecular weight excluding hydrogens is 596 g/mol. The third-order valence-corrected chi connectivity index (χ3v) is 7.31. The molecule has 0 radical (unpaired) electrons. The van der Waals surface area contributed by atoms with Crippen molar-refractivity contribution in [2.45, 2.75) is 45.4 Å². The molecule has 1 aliphatic rings. The highest BCUT2D eigenvalue weighted by atomic mass is 19.2. The molecule has 1 aromatic heterocycles. The number of para-hydroxylation sites is 1. The molecule has 2 N–H and O–H groups in total. The highest BCUT2D eigenvalue weighted by Crippen LogP contribution is 2.33. The fourth-order valence-electron chi connectivity index (χ4n) is 5.12. The number of carbonyl (C=O) groups excluding carboxylic acids is 2. The minimum absolute atomic E-state index is 0.284. The summed E-state index contributed by atoms with van der Waals surface area (Å²) in [6.45, 7) is 8.34. The van der Waals surface area contributed by atoms with Crippen molar-refractivity contribution in [1.82, 2.24) is 20.2 Å². The Kier molecular flexibility index (Phi) is 9.80. The van der Waals surface area contributed by atoms with Crippen LogP contribution in [0.25, 0.3) is 16.9 Å². The lowest BCUT2D eigenvalue weighted by atomic mass is 10.0. The van der Waals surface area contributed by atoms with E-state index in [1.165, 1.54) is 6.07 Å². The molecule has 4 aromatic rings. The van der Waals surface area contributed by atoms with Crippen molar-refractivity contribution in [3.8, 4) is 16.9 Å². The fraction of sp³-hybridized carbons (Fsp3) is 0.324.